The standard InChI is InChI=1S/C14H20ClNO/c1-10-3-4-13(12(15)9-10)16-11-5-7-14(2,17)8-6-11/h3-4,9,11,16-17H,5-8H2,1-2H3/t11-,14-. The topological polar surface area (TPSA) is 32.3 Å². The highest BCUT2D eigenvalue weighted by Crippen LogP contribution is 2.31. The van der Waals surface area contributed by atoms with Crippen LogP contribution >= 0.6 is 11.6 Å². The van der Waals surface area contributed by atoms with Crippen LogP contribution in [-0.2, 0) is 0 Å². The Labute approximate surface area is 108 Å². The first kappa shape index (κ1) is 12.7. The Bertz CT molecular complexity index is 393. The van der Waals surface area contributed by atoms with E-state index in [1.165, 1.54) is 5.56 Å². The first-order chi connectivity index (χ1) is 7.96. The van der Waals surface area contributed by atoms with E-state index in [1.807, 2.05) is 26.0 Å². The molecule has 0 aromatic heterocycles. The summed E-state index contributed by atoms with van der Waals surface area (Å²) in [6, 6.07) is 6.50. The fourth-order valence-electron chi connectivity index (χ4n) is 2.34. The van der Waals surface area contributed by atoms with Crippen LogP contribution in [0.5, 0.6) is 0 Å². The molecule has 0 heterocycles. The van der Waals surface area contributed by atoms with Gasteiger partial charge in [0.1, 0.15) is 0 Å². The normalized spacial score (nSPS) is 29.1. The number of benzene rings is 1. The third-order valence-corrected chi connectivity index (χ3v) is 3.86. The molecule has 1 aliphatic carbocycles. The molecule has 1 aromatic rings. The highest BCUT2D eigenvalue weighted by molar-refractivity contribution is 6.33. The lowest BCUT2D eigenvalue weighted by atomic mass is 9.83. The number of rotatable bonds is 2. The molecule has 0 atom stereocenters. The Kier molecular flexibility index (Phi) is 3.64. The average molecular weight is 254 g/mol. The molecule has 0 spiro atoms. The molecule has 1 aliphatic rings. The molecule has 0 unspecified atom stereocenters. The van der Waals surface area contributed by atoms with Crippen molar-refractivity contribution in [1.29, 1.82) is 0 Å². The number of aryl methyl sites for hydroxylation is 1. The SMILES string of the molecule is Cc1ccc(N[C@H]2CC[C@](C)(O)CC2)c(Cl)c1. The van der Waals surface area contributed by atoms with E-state index in [2.05, 4.69) is 11.4 Å². The zero-order valence-electron chi connectivity index (χ0n) is 10.5. The monoisotopic (exact) mass is 253 g/mol. The summed E-state index contributed by atoms with van der Waals surface area (Å²) in [6.45, 7) is 3.95. The van der Waals surface area contributed by atoms with Crippen molar-refractivity contribution in [3.8, 4) is 0 Å². The maximum Gasteiger partial charge on any atom is 0.0640 e. The minimum atomic E-state index is -0.477. The lowest BCUT2D eigenvalue weighted by Gasteiger charge is -2.34. The minimum Gasteiger partial charge on any atom is -0.390 e. The molecule has 17 heavy (non-hydrogen) atoms. The van der Waals surface area contributed by atoms with Gasteiger partial charge in [0.2, 0.25) is 0 Å². The molecule has 0 saturated heterocycles. The number of nitrogens with one attached hydrogen (secondary N) is 1. The molecule has 2 nitrogen and oxygen atoms in total. The lowest BCUT2D eigenvalue weighted by molar-refractivity contribution is 0.0196. The van der Waals surface area contributed by atoms with E-state index in [0.29, 0.717) is 6.04 Å². The minimum absolute atomic E-state index is 0.426. The molecule has 94 valence electrons. The molecule has 1 saturated carbocycles. The highest BCUT2D eigenvalue weighted by Gasteiger charge is 2.28. The van der Waals surface area contributed by atoms with E-state index in [1.54, 1.807) is 0 Å². The van der Waals surface area contributed by atoms with Crippen molar-refractivity contribution < 1.29 is 5.11 Å². The number of hydrogen-bond donors (Lipinski definition) is 2. The molecule has 3 heteroatoms. The molecule has 1 fully saturated rings. The van der Waals surface area contributed by atoms with E-state index in [9.17, 15) is 5.11 Å². The van der Waals surface area contributed by atoms with Crippen molar-refractivity contribution in [2.24, 2.45) is 0 Å². The van der Waals surface area contributed by atoms with Gasteiger partial charge in [-0.3, -0.25) is 0 Å². The number of aliphatic hydroxyl groups is 1. The van der Waals surface area contributed by atoms with E-state index in [0.717, 1.165) is 36.4 Å². The Morgan fingerprint density at radius 2 is 2.00 bits per heavy atom. The van der Waals surface area contributed by atoms with Gasteiger partial charge in [-0.05, 0) is 57.2 Å². The first-order valence-electron chi connectivity index (χ1n) is 6.21. The van der Waals surface area contributed by atoms with Crippen molar-refractivity contribution in [3.05, 3.63) is 28.8 Å². The van der Waals surface area contributed by atoms with E-state index in [-0.39, 0.29) is 0 Å². The predicted molar refractivity (Wildman–Crippen MR) is 72.7 cm³/mol. The van der Waals surface area contributed by atoms with Crippen LogP contribution in [-0.4, -0.2) is 16.7 Å². The van der Waals surface area contributed by atoms with Crippen LogP contribution < -0.4 is 5.32 Å². The number of halogens is 1. The lowest BCUT2D eigenvalue weighted by Crippen LogP contribution is -2.35. The predicted octanol–water partition coefficient (Wildman–Crippen LogP) is 3.75. The highest BCUT2D eigenvalue weighted by atomic mass is 35.5. The third kappa shape index (κ3) is 3.36. The summed E-state index contributed by atoms with van der Waals surface area (Å²) in [7, 11) is 0. The van der Waals surface area contributed by atoms with Gasteiger partial charge < -0.3 is 10.4 Å². The molecule has 0 aliphatic heterocycles. The fraction of sp³-hybridized carbons (Fsp3) is 0.571. The van der Waals surface area contributed by atoms with Gasteiger partial charge in [-0.1, -0.05) is 17.7 Å². The summed E-state index contributed by atoms with van der Waals surface area (Å²) < 4.78 is 0. The van der Waals surface area contributed by atoms with E-state index >= 15 is 0 Å². The summed E-state index contributed by atoms with van der Waals surface area (Å²) in [5.74, 6) is 0. The Morgan fingerprint density at radius 1 is 1.35 bits per heavy atom. The van der Waals surface area contributed by atoms with Crippen LogP contribution in [0.3, 0.4) is 0 Å². The quantitative estimate of drug-likeness (QED) is 0.841. The molecule has 0 bridgehead atoms. The van der Waals surface area contributed by atoms with Crippen LogP contribution in [0.25, 0.3) is 0 Å². The van der Waals surface area contributed by atoms with Crippen LogP contribution in [0.1, 0.15) is 38.2 Å². The zero-order valence-corrected chi connectivity index (χ0v) is 11.2. The van der Waals surface area contributed by atoms with E-state index < -0.39 is 5.60 Å². The van der Waals surface area contributed by atoms with Gasteiger partial charge in [-0.2, -0.15) is 0 Å². The number of anilines is 1. The molecule has 0 amide bonds. The van der Waals surface area contributed by atoms with Crippen molar-refractivity contribution in [1.82, 2.24) is 0 Å². The summed E-state index contributed by atoms with van der Waals surface area (Å²) in [4.78, 5) is 0. The van der Waals surface area contributed by atoms with Gasteiger partial charge in [-0.15, -0.1) is 0 Å². The van der Waals surface area contributed by atoms with Gasteiger partial charge in [-0.25, -0.2) is 0 Å². The molecule has 1 aromatic carbocycles. The Hall–Kier alpha value is -0.730. The summed E-state index contributed by atoms with van der Waals surface area (Å²) in [6.07, 6.45) is 3.71. The first-order valence-corrected chi connectivity index (χ1v) is 6.59. The van der Waals surface area contributed by atoms with Crippen LogP contribution in [0, 0.1) is 6.92 Å². The van der Waals surface area contributed by atoms with Crippen LogP contribution in [0.4, 0.5) is 5.69 Å². The van der Waals surface area contributed by atoms with Crippen molar-refractivity contribution in [2.45, 2.75) is 51.2 Å². The largest absolute Gasteiger partial charge is 0.390 e. The van der Waals surface area contributed by atoms with Gasteiger partial charge in [0, 0.05) is 6.04 Å². The van der Waals surface area contributed by atoms with Crippen molar-refractivity contribution >= 4 is 17.3 Å². The summed E-state index contributed by atoms with van der Waals surface area (Å²) >= 11 is 6.19. The van der Waals surface area contributed by atoms with Crippen LogP contribution in [0.15, 0.2) is 18.2 Å². The van der Waals surface area contributed by atoms with Gasteiger partial charge in [0.25, 0.3) is 0 Å². The Morgan fingerprint density at radius 3 is 2.59 bits per heavy atom. The molecule has 2 N–H and O–H groups in total. The zero-order chi connectivity index (χ0) is 12.5. The Balaban J connectivity index is 1.98. The van der Waals surface area contributed by atoms with Gasteiger partial charge in [0.05, 0.1) is 16.3 Å². The van der Waals surface area contributed by atoms with Crippen molar-refractivity contribution in [3.63, 3.8) is 0 Å². The summed E-state index contributed by atoms with van der Waals surface area (Å²) in [5.41, 5.74) is 1.70. The number of hydrogen-bond acceptors (Lipinski definition) is 2. The molecular weight excluding hydrogens is 234 g/mol. The smallest absolute Gasteiger partial charge is 0.0640 e. The van der Waals surface area contributed by atoms with Gasteiger partial charge >= 0.3 is 0 Å². The molecular formula is C14H20ClNO. The van der Waals surface area contributed by atoms with Crippen LogP contribution in [0.2, 0.25) is 5.02 Å². The average Bonchev–Trinajstić information content (AvgIpc) is 2.25. The maximum absolute atomic E-state index is 9.90. The molecule has 2 rings (SSSR count). The van der Waals surface area contributed by atoms with Crippen molar-refractivity contribution in [2.75, 3.05) is 5.32 Å². The second-order valence-corrected chi connectivity index (χ2v) is 5.81. The molecule has 0 radical (unpaired) electrons. The van der Waals surface area contributed by atoms with E-state index in [4.69, 9.17) is 11.6 Å². The second kappa shape index (κ2) is 4.87. The summed E-state index contributed by atoms with van der Waals surface area (Å²) in [5, 5.41) is 14.1. The van der Waals surface area contributed by atoms with Gasteiger partial charge in [0.15, 0.2) is 0 Å². The second-order valence-electron chi connectivity index (χ2n) is 5.40. The third-order valence-electron chi connectivity index (χ3n) is 3.55. The maximum atomic E-state index is 9.90. The fourth-order valence-corrected chi connectivity index (χ4v) is 2.63.